The van der Waals surface area contributed by atoms with Gasteiger partial charge in [0.15, 0.2) is 0 Å². The lowest BCUT2D eigenvalue weighted by Gasteiger charge is -2.14. The second-order valence-electron chi connectivity index (χ2n) is 8.66. The molecular weight excluding hydrogens is 488 g/mol. The molecule has 3 aromatic carbocycles. The first-order valence-electron chi connectivity index (χ1n) is 11.8. The SMILES string of the molecule is COc1ccc(C(N)=O)cc1NC(=O)Cn1c(=O)n(CCc2ccccc2)c(=O)c2oc3ccccc3c21. The van der Waals surface area contributed by atoms with Gasteiger partial charge in [-0.2, -0.15) is 0 Å². The van der Waals surface area contributed by atoms with Gasteiger partial charge in [0, 0.05) is 17.5 Å². The average molecular weight is 513 g/mol. The fourth-order valence-corrected chi connectivity index (χ4v) is 4.42. The molecule has 0 aliphatic carbocycles. The summed E-state index contributed by atoms with van der Waals surface area (Å²) in [5, 5.41) is 3.22. The van der Waals surface area contributed by atoms with E-state index in [1.54, 1.807) is 24.3 Å². The number of hydrogen-bond acceptors (Lipinski definition) is 6. The molecule has 0 atom stereocenters. The van der Waals surface area contributed by atoms with Gasteiger partial charge in [-0.15, -0.1) is 0 Å². The number of nitrogens with one attached hydrogen (secondary N) is 1. The van der Waals surface area contributed by atoms with Crippen LogP contribution in [0.1, 0.15) is 15.9 Å². The molecule has 0 radical (unpaired) electrons. The number of aromatic nitrogens is 2. The molecule has 0 fully saturated rings. The van der Waals surface area contributed by atoms with Crippen LogP contribution in [0, 0.1) is 0 Å². The van der Waals surface area contributed by atoms with Crippen molar-refractivity contribution in [3.8, 4) is 5.75 Å². The predicted molar refractivity (Wildman–Crippen MR) is 143 cm³/mol. The highest BCUT2D eigenvalue weighted by Gasteiger charge is 2.22. The summed E-state index contributed by atoms with van der Waals surface area (Å²) >= 11 is 0. The highest BCUT2D eigenvalue weighted by molar-refractivity contribution is 6.03. The minimum absolute atomic E-state index is 0.0139. The van der Waals surface area contributed by atoms with Crippen LogP contribution in [-0.4, -0.2) is 28.1 Å². The molecular formula is C28H24N4O6. The summed E-state index contributed by atoms with van der Waals surface area (Å²) in [5.41, 5.74) is 6.15. The number of para-hydroxylation sites is 1. The Morgan fingerprint density at radius 1 is 0.974 bits per heavy atom. The smallest absolute Gasteiger partial charge is 0.332 e. The zero-order chi connectivity index (χ0) is 26.8. The van der Waals surface area contributed by atoms with Crippen molar-refractivity contribution in [2.24, 2.45) is 5.73 Å². The standard InChI is InChI=1S/C28H24N4O6/c1-37-22-12-11-18(26(29)34)15-20(22)30-23(33)16-32-24-19-9-5-6-10-21(19)38-25(24)27(35)31(28(32)36)14-13-17-7-3-2-4-8-17/h2-12,15H,13-14,16H2,1H3,(H2,29,34)(H,30,33). The molecule has 0 saturated heterocycles. The molecule has 2 heterocycles. The van der Waals surface area contributed by atoms with E-state index in [0.717, 1.165) is 10.1 Å². The quantitative estimate of drug-likeness (QED) is 0.328. The van der Waals surface area contributed by atoms with E-state index < -0.39 is 29.6 Å². The van der Waals surface area contributed by atoms with Crippen LogP contribution in [0.2, 0.25) is 0 Å². The van der Waals surface area contributed by atoms with Gasteiger partial charge < -0.3 is 20.2 Å². The number of aryl methyl sites for hydroxylation is 1. The first kappa shape index (κ1) is 24.6. The third-order valence-corrected chi connectivity index (χ3v) is 6.27. The summed E-state index contributed by atoms with van der Waals surface area (Å²) in [4.78, 5) is 51.8. The van der Waals surface area contributed by atoms with Gasteiger partial charge >= 0.3 is 5.69 Å². The number of amides is 2. The lowest BCUT2D eigenvalue weighted by atomic mass is 10.1. The van der Waals surface area contributed by atoms with Crippen molar-refractivity contribution in [1.29, 1.82) is 0 Å². The summed E-state index contributed by atoms with van der Waals surface area (Å²) in [5.74, 6) is -0.939. The number of ether oxygens (including phenoxy) is 1. The molecule has 0 aliphatic heterocycles. The number of anilines is 1. The van der Waals surface area contributed by atoms with Crippen LogP contribution in [0.5, 0.6) is 5.75 Å². The number of methoxy groups -OCH3 is 1. The van der Waals surface area contributed by atoms with E-state index in [-0.39, 0.29) is 28.9 Å². The van der Waals surface area contributed by atoms with Crippen LogP contribution in [0.4, 0.5) is 5.69 Å². The van der Waals surface area contributed by atoms with Crippen LogP contribution in [0.25, 0.3) is 22.1 Å². The summed E-state index contributed by atoms with van der Waals surface area (Å²) in [6.07, 6.45) is 0.436. The van der Waals surface area contributed by atoms with E-state index >= 15 is 0 Å². The van der Waals surface area contributed by atoms with Crippen LogP contribution in [-0.2, 0) is 24.3 Å². The van der Waals surface area contributed by atoms with Gasteiger partial charge in [-0.05, 0) is 42.3 Å². The number of benzene rings is 3. The maximum Gasteiger partial charge on any atom is 0.332 e. The Morgan fingerprint density at radius 2 is 1.71 bits per heavy atom. The van der Waals surface area contributed by atoms with E-state index in [1.165, 1.54) is 29.9 Å². The predicted octanol–water partition coefficient (Wildman–Crippen LogP) is 2.90. The molecule has 5 aromatic rings. The fraction of sp³-hybridized carbons (Fsp3) is 0.143. The van der Waals surface area contributed by atoms with Crippen LogP contribution >= 0.6 is 0 Å². The molecule has 0 aliphatic rings. The topological polar surface area (TPSA) is 139 Å². The average Bonchev–Trinajstić information content (AvgIpc) is 3.31. The Morgan fingerprint density at radius 3 is 2.45 bits per heavy atom. The maximum absolute atomic E-state index is 13.6. The Bertz CT molecular complexity index is 1800. The maximum atomic E-state index is 13.6. The van der Waals surface area contributed by atoms with Crippen molar-refractivity contribution in [3.05, 3.63) is 105 Å². The number of carbonyl (C=O) groups excluding carboxylic acids is 2. The molecule has 0 saturated carbocycles. The minimum Gasteiger partial charge on any atom is -0.495 e. The molecule has 2 aromatic heterocycles. The molecule has 5 rings (SSSR count). The summed E-state index contributed by atoms with van der Waals surface area (Å²) in [6, 6.07) is 20.8. The Balaban J connectivity index is 1.58. The third-order valence-electron chi connectivity index (χ3n) is 6.27. The third kappa shape index (κ3) is 4.55. The molecule has 0 spiro atoms. The summed E-state index contributed by atoms with van der Waals surface area (Å²) < 4.78 is 13.4. The van der Waals surface area contributed by atoms with Gasteiger partial charge in [-0.25, -0.2) is 4.79 Å². The van der Waals surface area contributed by atoms with Crippen molar-refractivity contribution < 1.29 is 18.7 Å². The lowest BCUT2D eigenvalue weighted by Crippen LogP contribution is -2.41. The monoisotopic (exact) mass is 512 g/mol. The van der Waals surface area contributed by atoms with E-state index in [4.69, 9.17) is 14.9 Å². The lowest BCUT2D eigenvalue weighted by molar-refractivity contribution is -0.116. The van der Waals surface area contributed by atoms with E-state index in [0.29, 0.717) is 23.1 Å². The number of nitrogens with zero attached hydrogens (tertiary/aromatic N) is 2. The molecule has 0 bridgehead atoms. The molecule has 2 amide bonds. The molecule has 10 heteroatoms. The zero-order valence-electron chi connectivity index (χ0n) is 20.5. The first-order valence-corrected chi connectivity index (χ1v) is 11.8. The number of furan rings is 1. The highest BCUT2D eigenvalue weighted by Crippen LogP contribution is 2.27. The van der Waals surface area contributed by atoms with Crippen LogP contribution in [0.3, 0.4) is 0 Å². The molecule has 10 nitrogen and oxygen atoms in total. The van der Waals surface area contributed by atoms with Gasteiger partial charge in [-0.3, -0.25) is 23.5 Å². The first-order chi connectivity index (χ1) is 18.4. The van der Waals surface area contributed by atoms with Gasteiger partial charge in [0.2, 0.25) is 17.4 Å². The summed E-state index contributed by atoms with van der Waals surface area (Å²) in [7, 11) is 1.42. The van der Waals surface area contributed by atoms with Crippen LogP contribution in [0.15, 0.2) is 86.8 Å². The van der Waals surface area contributed by atoms with E-state index in [1.807, 2.05) is 30.3 Å². The van der Waals surface area contributed by atoms with Crippen molar-refractivity contribution in [2.45, 2.75) is 19.5 Å². The molecule has 192 valence electrons. The van der Waals surface area contributed by atoms with Crippen molar-refractivity contribution >= 4 is 39.6 Å². The van der Waals surface area contributed by atoms with E-state index in [9.17, 15) is 19.2 Å². The van der Waals surface area contributed by atoms with Crippen molar-refractivity contribution in [3.63, 3.8) is 0 Å². The number of hydrogen-bond donors (Lipinski definition) is 2. The number of nitrogens with two attached hydrogens (primary N) is 1. The Labute approximate surface area is 215 Å². The molecule has 3 N–H and O–H groups in total. The molecule has 38 heavy (non-hydrogen) atoms. The zero-order valence-corrected chi connectivity index (χ0v) is 20.5. The Kier molecular flexibility index (Phi) is 6.53. The van der Waals surface area contributed by atoms with E-state index in [2.05, 4.69) is 5.32 Å². The minimum atomic E-state index is -0.670. The second kappa shape index (κ2) is 10.1. The Hall–Kier alpha value is -5.12. The second-order valence-corrected chi connectivity index (χ2v) is 8.66. The van der Waals surface area contributed by atoms with Gasteiger partial charge in [-0.1, -0.05) is 42.5 Å². The number of fused-ring (bicyclic) bond motifs is 3. The largest absolute Gasteiger partial charge is 0.495 e. The van der Waals surface area contributed by atoms with Gasteiger partial charge in [0.1, 0.15) is 23.4 Å². The number of carbonyl (C=O) groups is 2. The highest BCUT2D eigenvalue weighted by atomic mass is 16.5. The van der Waals surface area contributed by atoms with Gasteiger partial charge in [0.25, 0.3) is 5.56 Å². The number of rotatable bonds is 8. The summed E-state index contributed by atoms with van der Waals surface area (Å²) in [6.45, 7) is -0.320. The van der Waals surface area contributed by atoms with Gasteiger partial charge in [0.05, 0.1) is 12.8 Å². The van der Waals surface area contributed by atoms with Crippen LogP contribution < -0.4 is 27.0 Å². The molecule has 0 unspecified atom stereocenters. The number of primary amides is 1. The fourth-order valence-electron chi connectivity index (χ4n) is 4.42. The normalized spacial score (nSPS) is 11.1. The van der Waals surface area contributed by atoms with Crippen molar-refractivity contribution in [2.75, 3.05) is 12.4 Å². The van der Waals surface area contributed by atoms with Crippen molar-refractivity contribution in [1.82, 2.24) is 9.13 Å².